The van der Waals surface area contributed by atoms with Gasteiger partial charge in [-0.3, -0.25) is 0 Å². The molecule has 0 amide bonds. The van der Waals surface area contributed by atoms with E-state index < -0.39 is 9.44 Å². The molecule has 0 bridgehead atoms. The van der Waals surface area contributed by atoms with E-state index in [1.165, 1.54) is 37.2 Å². The summed E-state index contributed by atoms with van der Waals surface area (Å²) in [6, 6.07) is 0. The van der Waals surface area contributed by atoms with Crippen molar-refractivity contribution in [2.75, 3.05) is 17.8 Å². The SMILES string of the molecule is C#S1(C)CCC(CCCC)C1. The van der Waals surface area contributed by atoms with Crippen molar-refractivity contribution in [3.8, 4) is 5.69 Å². The van der Waals surface area contributed by atoms with E-state index in [1.807, 2.05) is 0 Å². The highest BCUT2D eigenvalue weighted by Crippen LogP contribution is 2.41. The van der Waals surface area contributed by atoms with E-state index in [4.69, 9.17) is 5.69 Å². The number of hydrogen-bond donors (Lipinski definition) is 0. The van der Waals surface area contributed by atoms with Crippen molar-refractivity contribution in [3.05, 3.63) is 0 Å². The predicted molar refractivity (Wildman–Crippen MR) is 55.8 cm³/mol. The van der Waals surface area contributed by atoms with Gasteiger partial charge in [-0.2, -0.15) is 9.44 Å². The normalized spacial score (nSPS) is 37.7. The third kappa shape index (κ3) is 2.92. The molecule has 0 nitrogen and oxygen atoms in total. The lowest BCUT2D eigenvalue weighted by Crippen LogP contribution is -1.97. The van der Waals surface area contributed by atoms with E-state index in [0.29, 0.717) is 0 Å². The van der Waals surface area contributed by atoms with E-state index in [2.05, 4.69) is 13.2 Å². The highest BCUT2D eigenvalue weighted by atomic mass is 32.2. The molecule has 1 aliphatic rings. The molecule has 0 radical (unpaired) electrons. The van der Waals surface area contributed by atoms with Crippen molar-refractivity contribution in [1.82, 2.24) is 0 Å². The van der Waals surface area contributed by atoms with Gasteiger partial charge in [0.15, 0.2) is 0 Å². The molecule has 2 unspecified atom stereocenters. The van der Waals surface area contributed by atoms with Gasteiger partial charge in [-0.05, 0) is 36.5 Å². The highest BCUT2D eigenvalue weighted by molar-refractivity contribution is 8.23. The minimum atomic E-state index is -0.626. The highest BCUT2D eigenvalue weighted by Gasteiger charge is 2.21. The number of hydrogen-bond acceptors (Lipinski definition) is 0. The first-order valence-corrected chi connectivity index (χ1v) is 7.10. The van der Waals surface area contributed by atoms with E-state index in [1.54, 1.807) is 0 Å². The van der Waals surface area contributed by atoms with Crippen LogP contribution in [0.1, 0.15) is 32.6 Å². The van der Waals surface area contributed by atoms with E-state index in [9.17, 15) is 0 Å². The Morgan fingerprint density at radius 3 is 2.73 bits per heavy atom. The van der Waals surface area contributed by atoms with Crippen molar-refractivity contribution < 1.29 is 0 Å². The third-order valence-electron chi connectivity index (χ3n) is 2.57. The molecule has 1 heterocycles. The molecule has 2 atom stereocenters. The molecule has 0 saturated carbocycles. The first kappa shape index (κ1) is 9.22. The van der Waals surface area contributed by atoms with Crippen molar-refractivity contribution in [2.45, 2.75) is 32.6 Å². The summed E-state index contributed by atoms with van der Waals surface area (Å²) in [7, 11) is -0.626. The van der Waals surface area contributed by atoms with Crippen LogP contribution in [0.2, 0.25) is 0 Å². The third-order valence-corrected chi connectivity index (χ3v) is 4.98. The molecule has 1 fully saturated rings. The molecule has 1 heteroatoms. The molecule has 0 aromatic heterocycles. The monoisotopic (exact) mass is 172 g/mol. The van der Waals surface area contributed by atoms with Crippen molar-refractivity contribution >= 4 is 9.44 Å². The Kier molecular flexibility index (Phi) is 3.09. The second-order valence-electron chi connectivity index (χ2n) is 4.02. The van der Waals surface area contributed by atoms with Crippen molar-refractivity contribution in [2.24, 2.45) is 5.92 Å². The summed E-state index contributed by atoms with van der Waals surface area (Å²) in [6.45, 7) is 2.27. The van der Waals surface area contributed by atoms with Gasteiger partial charge in [-0.15, -0.1) is 5.69 Å². The lowest BCUT2D eigenvalue weighted by Gasteiger charge is -2.10. The topological polar surface area (TPSA) is 0 Å². The average Bonchev–Trinajstić information content (AvgIpc) is 2.26. The Morgan fingerprint density at radius 1 is 1.55 bits per heavy atom. The molecule has 0 aromatic carbocycles. The van der Waals surface area contributed by atoms with Crippen LogP contribution in [-0.2, 0) is 0 Å². The summed E-state index contributed by atoms with van der Waals surface area (Å²) in [6.07, 6.45) is 7.85. The Bertz CT molecular complexity index is 206. The smallest absolute Gasteiger partial charge is 0.0109 e. The average molecular weight is 172 g/mol. The second kappa shape index (κ2) is 3.69. The molecule has 1 saturated heterocycles. The number of unbranched alkanes of at least 4 members (excludes halogenated alkanes) is 1. The van der Waals surface area contributed by atoms with Crippen LogP contribution in [0.5, 0.6) is 0 Å². The van der Waals surface area contributed by atoms with Gasteiger partial charge >= 0.3 is 0 Å². The minimum Gasteiger partial charge on any atom is -0.194 e. The fourth-order valence-electron chi connectivity index (χ4n) is 1.86. The first-order valence-electron chi connectivity index (χ1n) is 4.65. The lowest BCUT2D eigenvalue weighted by atomic mass is 10.0. The predicted octanol–water partition coefficient (Wildman–Crippen LogP) is 3.22. The van der Waals surface area contributed by atoms with Crippen LogP contribution in [0.15, 0.2) is 0 Å². The quantitative estimate of drug-likeness (QED) is 0.613. The van der Waals surface area contributed by atoms with Crippen LogP contribution in [0.25, 0.3) is 0 Å². The van der Waals surface area contributed by atoms with Crippen LogP contribution >= 0.6 is 9.44 Å². The lowest BCUT2D eigenvalue weighted by molar-refractivity contribution is 0.517. The molecular weight excluding hydrogens is 152 g/mol. The van der Waals surface area contributed by atoms with Crippen LogP contribution < -0.4 is 0 Å². The fourth-order valence-corrected chi connectivity index (χ4v) is 4.31. The molecule has 0 N–H and O–H groups in total. The van der Waals surface area contributed by atoms with Crippen molar-refractivity contribution in [1.29, 1.82) is 0 Å². The molecule has 66 valence electrons. The zero-order chi connectivity index (χ0) is 8.32. The Morgan fingerprint density at radius 2 is 2.27 bits per heavy atom. The Labute approximate surface area is 71.9 Å². The summed E-state index contributed by atoms with van der Waals surface area (Å²) in [5, 5.41) is 0. The van der Waals surface area contributed by atoms with Gasteiger partial charge in [0.25, 0.3) is 0 Å². The zero-order valence-corrected chi connectivity index (χ0v) is 8.62. The van der Waals surface area contributed by atoms with Crippen LogP contribution in [0, 0.1) is 11.6 Å². The van der Waals surface area contributed by atoms with Gasteiger partial charge < -0.3 is 0 Å². The molecule has 0 spiro atoms. The molecule has 1 aliphatic heterocycles. The molecule has 0 aliphatic carbocycles. The maximum atomic E-state index is 6.12. The second-order valence-corrected chi connectivity index (χ2v) is 7.46. The Hall–Kier alpha value is 0.130. The van der Waals surface area contributed by atoms with Gasteiger partial charge in [0.1, 0.15) is 0 Å². The van der Waals surface area contributed by atoms with E-state index >= 15 is 0 Å². The van der Waals surface area contributed by atoms with Crippen LogP contribution in [-0.4, -0.2) is 17.8 Å². The molecule has 11 heavy (non-hydrogen) atoms. The van der Waals surface area contributed by atoms with Gasteiger partial charge in [0.2, 0.25) is 0 Å². The maximum Gasteiger partial charge on any atom is -0.0109 e. The van der Waals surface area contributed by atoms with E-state index in [0.717, 1.165) is 5.92 Å². The van der Waals surface area contributed by atoms with Crippen molar-refractivity contribution in [3.63, 3.8) is 0 Å². The summed E-state index contributed by atoms with van der Waals surface area (Å²) in [5.74, 6) is 3.63. The summed E-state index contributed by atoms with van der Waals surface area (Å²) in [5.41, 5.74) is 6.12. The van der Waals surface area contributed by atoms with Gasteiger partial charge in [0, 0.05) is 0 Å². The Balaban J connectivity index is 2.27. The van der Waals surface area contributed by atoms with Gasteiger partial charge in [-0.25, -0.2) is 0 Å². The minimum absolute atomic E-state index is 0.626. The van der Waals surface area contributed by atoms with Crippen LogP contribution in [0.4, 0.5) is 0 Å². The summed E-state index contributed by atoms with van der Waals surface area (Å²) < 4.78 is 0. The maximum absolute atomic E-state index is 6.12. The summed E-state index contributed by atoms with van der Waals surface area (Å²) in [4.78, 5) is 0. The summed E-state index contributed by atoms with van der Waals surface area (Å²) >= 11 is 0. The number of rotatable bonds is 3. The molecule has 0 aromatic rings. The van der Waals surface area contributed by atoms with Crippen LogP contribution in [0.3, 0.4) is 0 Å². The van der Waals surface area contributed by atoms with E-state index in [-0.39, 0.29) is 0 Å². The standard InChI is InChI=1S/C10H20S/c1-4-5-6-10-7-8-11(2,3)9-10/h2,10H,4-9H2,1,3H3. The van der Waals surface area contributed by atoms with Gasteiger partial charge in [0.05, 0.1) is 0 Å². The fraction of sp³-hybridized carbons (Fsp3) is 0.900. The zero-order valence-electron chi connectivity index (χ0n) is 7.81. The molecule has 1 rings (SSSR count). The molecular formula is C10H20S. The first-order chi connectivity index (χ1) is 5.14. The largest absolute Gasteiger partial charge is 0.194 e. The van der Waals surface area contributed by atoms with Gasteiger partial charge in [-0.1, -0.05) is 19.8 Å².